The smallest absolute Gasteiger partial charge is 0.436 e. The summed E-state index contributed by atoms with van der Waals surface area (Å²) in [6.07, 6.45) is 1.76. The van der Waals surface area contributed by atoms with Gasteiger partial charge in [0, 0.05) is 50.6 Å². The predicted octanol–water partition coefficient (Wildman–Crippen LogP) is 7.15. The molecule has 0 unspecified atom stereocenters. The molecule has 4 aromatic rings. The molecule has 0 spiro atoms. The van der Waals surface area contributed by atoms with Gasteiger partial charge < -0.3 is 14.6 Å². The Labute approximate surface area is 283 Å². The summed E-state index contributed by atoms with van der Waals surface area (Å²) in [6, 6.07) is 4.58. The molecule has 4 aromatic heterocycles. The summed E-state index contributed by atoms with van der Waals surface area (Å²) in [5.74, 6) is -0.0763. The summed E-state index contributed by atoms with van der Waals surface area (Å²) in [4.78, 5) is 17.5. The Morgan fingerprint density at radius 3 is 2.47 bits per heavy atom. The van der Waals surface area contributed by atoms with Gasteiger partial charge in [-0.2, -0.15) is 33.7 Å². The standard InChI is InChI=1S/C32H42F3N9O4Si/c1-7-41(30(45)46)27-14-25-24(16-37-27)28(21-15-39-43(18-21)31(2,3)19-36)40-44(25)22-8-10-23(11-9-22)48-26-17-38-42(29(26)32(33,34)35)20-47-12-13-49(4,5)6/h14-18,22-23H,7-13,20H2,1-6H3,(H,45,46). The van der Waals surface area contributed by atoms with Crippen molar-refractivity contribution in [3.05, 3.63) is 36.5 Å². The number of amides is 1. The number of halogens is 3. The molecule has 1 aliphatic rings. The molecular weight excluding hydrogens is 659 g/mol. The second kappa shape index (κ2) is 13.8. The lowest BCUT2D eigenvalue weighted by molar-refractivity contribution is -0.148. The highest BCUT2D eigenvalue weighted by atomic mass is 28.3. The highest BCUT2D eigenvalue weighted by Gasteiger charge is 2.40. The SMILES string of the molecule is CCN(C(=O)O)c1cc2c(cn1)c(-c1cnn(C(C)(C)C#N)c1)nn2C1CCC(Oc2cnn(COCC[Si](C)(C)C)c2C(F)(F)F)CC1. The van der Waals surface area contributed by atoms with Crippen LogP contribution in [0.3, 0.4) is 0 Å². The third-order valence-corrected chi connectivity index (χ3v) is 10.4. The van der Waals surface area contributed by atoms with Gasteiger partial charge in [-0.15, -0.1) is 0 Å². The van der Waals surface area contributed by atoms with Crippen molar-refractivity contribution in [2.75, 3.05) is 18.1 Å². The zero-order chi connectivity index (χ0) is 35.7. The molecule has 1 fully saturated rings. The first-order chi connectivity index (χ1) is 23.0. The number of anilines is 1. The number of carbonyl (C=O) groups is 1. The fraction of sp³-hybridized carbons (Fsp3) is 0.562. The summed E-state index contributed by atoms with van der Waals surface area (Å²) in [5.41, 5.74) is 0.0214. The molecule has 4 heterocycles. The van der Waals surface area contributed by atoms with E-state index in [1.807, 2.05) is 4.68 Å². The van der Waals surface area contributed by atoms with Crippen molar-refractivity contribution in [3.63, 3.8) is 0 Å². The highest BCUT2D eigenvalue weighted by molar-refractivity contribution is 6.76. The van der Waals surface area contributed by atoms with E-state index >= 15 is 0 Å². The van der Waals surface area contributed by atoms with Gasteiger partial charge in [0.25, 0.3) is 0 Å². The van der Waals surface area contributed by atoms with Crippen molar-refractivity contribution in [1.29, 1.82) is 5.26 Å². The lowest BCUT2D eigenvalue weighted by Gasteiger charge is -2.29. The van der Waals surface area contributed by atoms with Gasteiger partial charge >= 0.3 is 12.3 Å². The van der Waals surface area contributed by atoms with Crippen molar-refractivity contribution < 1.29 is 32.5 Å². The van der Waals surface area contributed by atoms with Crippen molar-refractivity contribution in [1.82, 2.24) is 34.3 Å². The Hall–Kier alpha value is -4.43. The zero-order valence-electron chi connectivity index (χ0n) is 28.5. The van der Waals surface area contributed by atoms with Gasteiger partial charge in [-0.25, -0.2) is 14.5 Å². The first kappa shape index (κ1) is 35.9. The van der Waals surface area contributed by atoms with Crippen LogP contribution in [0.4, 0.5) is 23.8 Å². The molecule has 0 atom stereocenters. The van der Waals surface area contributed by atoms with E-state index in [0.717, 1.165) is 21.8 Å². The van der Waals surface area contributed by atoms with Crippen LogP contribution in [0.5, 0.6) is 5.75 Å². The lowest BCUT2D eigenvalue weighted by Crippen LogP contribution is -2.29. The van der Waals surface area contributed by atoms with Gasteiger partial charge in [0.05, 0.1) is 36.1 Å². The first-order valence-corrected chi connectivity index (χ1v) is 20.0. The van der Waals surface area contributed by atoms with Crippen LogP contribution in [-0.4, -0.2) is 72.9 Å². The number of pyridine rings is 1. The van der Waals surface area contributed by atoms with Gasteiger partial charge in [0.1, 0.15) is 23.8 Å². The summed E-state index contributed by atoms with van der Waals surface area (Å²) in [6.45, 7) is 11.9. The average molecular weight is 702 g/mol. The van der Waals surface area contributed by atoms with E-state index in [1.54, 1.807) is 50.1 Å². The molecule has 17 heteroatoms. The second-order valence-electron chi connectivity index (χ2n) is 14.0. The molecule has 49 heavy (non-hydrogen) atoms. The van der Waals surface area contributed by atoms with E-state index < -0.39 is 37.7 Å². The summed E-state index contributed by atoms with van der Waals surface area (Å²) >= 11 is 0. The van der Waals surface area contributed by atoms with Gasteiger partial charge in [0.2, 0.25) is 0 Å². The topological polar surface area (TPSA) is 149 Å². The Morgan fingerprint density at radius 1 is 1.14 bits per heavy atom. The fourth-order valence-corrected chi connectivity index (χ4v) is 6.57. The Kier molecular flexibility index (Phi) is 10.1. The zero-order valence-corrected chi connectivity index (χ0v) is 29.5. The van der Waals surface area contributed by atoms with Crippen LogP contribution >= 0.6 is 0 Å². The molecule has 5 rings (SSSR count). The number of fused-ring (bicyclic) bond motifs is 1. The van der Waals surface area contributed by atoms with Crippen LogP contribution in [0.15, 0.2) is 30.9 Å². The maximum absolute atomic E-state index is 14.2. The number of rotatable bonds is 12. The van der Waals surface area contributed by atoms with Crippen molar-refractivity contribution >= 4 is 30.9 Å². The monoisotopic (exact) mass is 701 g/mol. The molecule has 0 bridgehead atoms. The molecule has 1 aliphatic carbocycles. The molecule has 1 amide bonds. The van der Waals surface area contributed by atoms with Crippen LogP contribution in [0.2, 0.25) is 25.7 Å². The van der Waals surface area contributed by atoms with Crippen molar-refractivity contribution in [2.24, 2.45) is 0 Å². The average Bonchev–Trinajstić information content (AvgIpc) is 3.77. The number of aromatic nitrogens is 7. The fourth-order valence-electron chi connectivity index (χ4n) is 5.81. The van der Waals surface area contributed by atoms with Crippen LogP contribution < -0.4 is 9.64 Å². The summed E-state index contributed by atoms with van der Waals surface area (Å²) in [5, 5.41) is 33.3. The van der Waals surface area contributed by atoms with Gasteiger partial charge in [0.15, 0.2) is 11.4 Å². The number of ether oxygens (including phenoxy) is 2. The minimum Gasteiger partial charge on any atom is -0.486 e. The van der Waals surface area contributed by atoms with Gasteiger partial charge in [-0.3, -0.25) is 14.3 Å². The number of hydrogen-bond donors (Lipinski definition) is 1. The number of nitriles is 1. The third kappa shape index (κ3) is 7.91. The van der Waals surface area contributed by atoms with E-state index in [2.05, 4.69) is 40.9 Å². The van der Waals surface area contributed by atoms with E-state index in [4.69, 9.17) is 14.6 Å². The molecule has 13 nitrogen and oxygen atoms in total. The van der Waals surface area contributed by atoms with Gasteiger partial charge in [-0.1, -0.05) is 19.6 Å². The third-order valence-electron chi connectivity index (χ3n) is 8.67. The molecule has 0 radical (unpaired) electrons. The summed E-state index contributed by atoms with van der Waals surface area (Å²) in [7, 11) is -1.40. The van der Waals surface area contributed by atoms with Crippen LogP contribution in [0, 0.1) is 11.3 Å². The van der Waals surface area contributed by atoms with Crippen molar-refractivity contribution in [2.45, 2.75) is 103 Å². The minimum absolute atomic E-state index is 0.151. The van der Waals surface area contributed by atoms with Crippen LogP contribution in [0.25, 0.3) is 22.2 Å². The first-order valence-electron chi connectivity index (χ1n) is 16.2. The molecule has 0 saturated heterocycles. The lowest BCUT2D eigenvalue weighted by atomic mass is 9.93. The Bertz CT molecular complexity index is 1830. The number of hydrogen-bond acceptors (Lipinski definition) is 8. The summed E-state index contributed by atoms with van der Waals surface area (Å²) < 4.78 is 58.1. The molecule has 264 valence electrons. The quantitative estimate of drug-likeness (QED) is 0.120. The largest absolute Gasteiger partial charge is 0.486 e. The minimum atomic E-state index is -4.68. The van der Waals surface area contributed by atoms with Crippen molar-refractivity contribution in [3.8, 4) is 23.1 Å². The van der Waals surface area contributed by atoms with Gasteiger partial charge in [-0.05, 0) is 52.5 Å². The van der Waals surface area contributed by atoms with E-state index in [-0.39, 0.29) is 30.9 Å². The molecule has 0 aromatic carbocycles. The molecular formula is C32H42F3N9O4Si. The highest BCUT2D eigenvalue weighted by Crippen LogP contribution is 2.40. The number of alkyl halides is 3. The predicted molar refractivity (Wildman–Crippen MR) is 178 cm³/mol. The van der Waals surface area contributed by atoms with E-state index in [0.29, 0.717) is 54.5 Å². The van der Waals surface area contributed by atoms with Crippen LogP contribution in [-0.2, 0) is 23.2 Å². The van der Waals surface area contributed by atoms with E-state index in [1.165, 1.54) is 0 Å². The normalized spacial score (nSPS) is 17.3. The number of nitrogens with zero attached hydrogens (tertiary/aromatic N) is 9. The maximum atomic E-state index is 14.2. The second-order valence-corrected chi connectivity index (χ2v) is 19.6. The van der Waals surface area contributed by atoms with Crippen LogP contribution in [0.1, 0.15) is 58.2 Å². The maximum Gasteiger partial charge on any atom is 0.436 e. The Morgan fingerprint density at radius 2 is 1.86 bits per heavy atom. The molecule has 1 N–H and O–H groups in total. The number of carboxylic acid groups (broad SMARTS) is 1. The molecule has 0 aliphatic heterocycles. The van der Waals surface area contributed by atoms with E-state index in [9.17, 15) is 28.3 Å². The molecule has 1 saturated carbocycles. The Balaban J connectivity index is 1.38.